The van der Waals surface area contributed by atoms with Crippen LogP contribution in [0.3, 0.4) is 0 Å². The van der Waals surface area contributed by atoms with Crippen molar-refractivity contribution >= 4 is 40.5 Å². The van der Waals surface area contributed by atoms with E-state index in [1.807, 2.05) is 0 Å². The lowest BCUT2D eigenvalue weighted by Gasteiger charge is -2.09. The Balaban J connectivity index is 2.33. The lowest BCUT2D eigenvalue weighted by atomic mass is 10.3. The third-order valence-corrected chi connectivity index (χ3v) is 3.08. The monoisotopic (exact) mass is 287 g/mol. The van der Waals surface area contributed by atoms with Crippen LogP contribution < -0.4 is 10.5 Å². The summed E-state index contributed by atoms with van der Waals surface area (Å²) in [5, 5.41) is 1.16. The Hall–Kier alpha value is -1.09. The highest BCUT2D eigenvalue weighted by atomic mass is 35.5. The van der Waals surface area contributed by atoms with Crippen LogP contribution in [0.25, 0.3) is 0 Å². The minimum Gasteiger partial charge on any atom is -0.456 e. The summed E-state index contributed by atoms with van der Waals surface area (Å²) in [6.07, 6.45) is 0. The van der Waals surface area contributed by atoms with Crippen molar-refractivity contribution in [2.75, 3.05) is 5.73 Å². The van der Waals surface area contributed by atoms with E-state index < -0.39 is 0 Å². The zero-order valence-electron chi connectivity index (χ0n) is 8.58. The van der Waals surface area contributed by atoms with Crippen LogP contribution in [0.5, 0.6) is 11.5 Å². The first-order valence-corrected chi connectivity index (χ1v) is 5.87. The largest absolute Gasteiger partial charge is 0.456 e. The van der Waals surface area contributed by atoms with Gasteiger partial charge in [-0.1, -0.05) is 40.9 Å². The van der Waals surface area contributed by atoms with Crippen LogP contribution in [0.2, 0.25) is 15.1 Å². The second-order valence-electron chi connectivity index (χ2n) is 3.37. The van der Waals surface area contributed by atoms with Gasteiger partial charge >= 0.3 is 0 Å². The van der Waals surface area contributed by atoms with Crippen molar-refractivity contribution in [3.05, 3.63) is 51.5 Å². The summed E-state index contributed by atoms with van der Waals surface area (Å²) in [6, 6.07) is 10.1. The maximum absolute atomic E-state index is 5.99. The number of nitrogen functional groups attached to an aromatic ring is 1. The quantitative estimate of drug-likeness (QED) is 0.622. The van der Waals surface area contributed by atoms with Crippen molar-refractivity contribution in [2.24, 2.45) is 0 Å². The fourth-order valence-electron chi connectivity index (χ4n) is 1.29. The Morgan fingerprint density at radius 3 is 2.29 bits per heavy atom. The molecule has 2 N–H and O–H groups in total. The number of hydrogen-bond acceptors (Lipinski definition) is 2. The second-order valence-corrected chi connectivity index (χ2v) is 4.59. The molecule has 0 heterocycles. The third-order valence-electron chi connectivity index (χ3n) is 2.06. The molecular weight excluding hydrogens is 280 g/mol. The first-order chi connectivity index (χ1) is 8.06. The highest BCUT2D eigenvalue weighted by Gasteiger charge is 2.08. The van der Waals surface area contributed by atoms with Gasteiger partial charge in [-0.05, 0) is 18.2 Å². The van der Waals surface area contributed by atoms with Crippen LogP contribution in [-0.2, 0) is 0 Å². The Labute approximate surface area is 114 Å². The number of benzene rings is 2. The summed E-state index contributed by atoms with van der Waals surface area (Å²) >= 11 is 17.7. The zero-order chi connectivity index (χ0) is 12.4. The molecule has 0 bridgehead atoms. The standard InChI is InChI=1S/C12H8Cl3NO/c13-9-5-11(15)12(6-10(9)14)17-8-3-1-2-7(16)4-8/h1-6H,16H2. The van der Waals surface area contributed by atoms with Crippen molar-refractivity contribution in [1.82, 2.24) is 0 Å². The first-order valence-electron chi connectivity index (χ1n) is 4.74. The van der Waals surface area contributed by atoms with Gasteiger partial charge in [0.05, 0.1) is 15.1 Å². The molecule has 0 aliphatic heterocycles. The molecule has 0 aliphatic rings. The summed E-state index contributed by atoms with van der Waals surface area (Å²) < 4.78 is 5.57. The molecule has 2 nitrogen and oxygen atoms in total. The molecular formula is C12H8Cl3NO. The summed E-state index contributed by atoms with van der Waals surface area (Å²) in [5.41, 5.74) is 6.25. The number of ether oxygens (including phenoxy) is 1. The van der Waals surface area contributed by atoms with Gasteiger partial charge in [-0.3, -0.25) is 0 Å². The Bertz CT molecular complexity index is 557. The van der Waals surface area contributed by atoms with Gasteiger partial charge in [-0.15, -0.1) is 0 Å². The molecule has 88 valence electrons. The van der Waals surface area contributed by atoms with E-state index in [2.05, 4.69) is 0 Å². The van der Waals surface area contributed by atoms with Crippen molar-refractivity contribution in [1.29, 1.82) is 0 Å². The number of hydrogen-bond donors (Lipinski definition) is 1. The fraction of sp³-hybridized carbons (Fsp3) is 0. The van der Waals surface area contributed by atoms with Crippen LogP contribution in [0.1, 0.15) is 0 Å². The smallest absolute Gasteiger partial charge is 0.147 e. The molecule has 2 rings (SSSR count). The average Bonchev–Trinajstić information content (AvgIpc) is 2.26. The summed E-state index contributed by atoms with van der Waals surface area (Å²) in [4.78, 5) is 0. The van der Waals surface area contributed by atoms with Crippen LogP contribution in [0.4, 0.5) is 5.69 Å². The zero-order valence-corrected chi connectivity index (χ0v) is 10.9. The van der Waals surface area contributed by atoms with Gasteiger partial charge in [0.15, 0.2) is 0 Å². The Morgan fingerprint density at radius 1 is 0.882 bits per heavy atom. The predicted molar refractivity (Wildman–Crippen MR) is 72.4 cm³/mol. The van der Waals surface area contributed by atoms with Crippen LogP contribution >= 0.6 is 34.8 Å². The highest BCUT2D eigenvalue weighted by molar-refractivity contribution is 6.43. The first kappa shape index (κ1) is 12.4. The SMILES string of the molecule is Nc1cccc(Oc2cc(Cl)c(Cl)cc2Cl)c1. The molecule has 0 radical (unpaired) electrons. The minimum atomic E-state index is 0.384. The molecule has 0 aromatic heterocycles. The van der Waals surface area contributed by atoms with E-state index in [0.29, 0.717) is 32.3 Å². The molecule has 0 amide bonds. The average molecular weight is 289 g/mol. The van der Waals surface area contributed by atoms with Crippen molar-refractivity contribution < 1.29 is 4.74 Å². The van der Waals surface area contributed by atoms with Gasteiger partial charge in [-0.2, -0.15) is 0 Å². The molecule has 0 aliphatic carbocycles. The fourth-order valence-corrected chi connectivity index (χ4v) is 1.86. The van der Waals surface area contributed by atoms with Crippen LogP contribution in [0.15, 0.2) is 36.4 Å². The minimum absolute atomic E-state index is 0.384. The van der Waals surface area contributed by atoms with Gasteiger partial charge in [0.25, 0.3) is 0 Å². The molecule has 0 saturated heterocycles. The summed E-state index contributed by atoms with van der Waals surface area (Å²) in [6.45, 7) is 0. The maximum Gasteiger partial charge on any atom is 0.147 e. The molecule has 0 atom stereocenters. The van der Waals surface area contributed by atoms with Crippen molar-refractivity contribution in [3.8, 4) is 11.5 Å². The number of nitrogens with two attached hydrogens (primary N) is 1. The van der Waals surface area contributed by atoms with Crippen molar-refractivity contribution in [3.63, 3.8) is 0 Å². The summed E-state index contributed by atoms with van der Waals surface area (Å²) in [5.74, 6) is 1.02. The summed E-state index contributed by atoms with van der Waals surface area (Å²) in [7, 11) is 0. The molecule has 5 heteroatoms. The molecule has 0 unspecified atom stereocenters. The highest BCUT2D eigenvalue weighted by Crippen LogP contribution is 2.36. The van der Waals surface area contributed by atoms with Gasteiger partial charge in [0.2, 0.25) is 0 Å². The molecule has 17 heavy (non-hydrogen) atoms. The van der Waals surface area contributed by atoms with E-state index in [4.69, 9.17) is 45.3 Å². The Morgan fingerprint density at radius 2 is 1.59 bits per heavy atom. The molecule has 0 fully saturated rings. The number of halogens is 3. The van der Waals surface area contributed by atoms with E-state index in [1.54, 1.807) is 30.3 Å². The van der Waals surface area contributed by atoms with E-state index in [0.717, 1.165) is 0 Å². The lowest BCUT2D eigenvalue weighted by Crippen LogP contribution is -1.88. The molecule has 0 saturated carbocycles. The molecule has 2 aromatic carbocycles. The second kappa shape index (κ2) is 5.05. The normalized spacial score (nSPS) is 10.3. The van der Waals surface area contributed by atoms with Crippen molar-refractivity contribution in [2.45, 2.75) is 0 Å². The van der Waals surface area contributed by atoms with Gasteiger partial charge < -0.3 is 10.5 Å². The topological polar surface area (TPSA) is 35.2 Å². The van der Waals surface area contributed by atoms with E-state index in [1.165, 1.54) is 6.07 Å². The van der Waals surface area contributed by atoms with E-state index in [9.17, 15) is 0 Å². The molecule has 2 aromatic rings. The van der Waals surface area contributed by atoms with E-state index in [-0.39, 0.29) is 0 Å². The van der Waals surface area contributed by atoms with Crippen LogP contribution in [-0.4, -0.2) is 0 Å². The maximum atomic E-state index is 5.99. The molecule has 0 spiro atoms. The lowest BCUT2D eigenvalue weighted by molar-refractivity contribution is 0.483. The number of anilines is 1. The number of rotatable bonds is 2. The van der Waals surface area contributed by atoms with Gasteiger partial charge in [0.1, 0.15) is 11.5 Å². The third kappa shape index (κ3) is 2.97. The van der Waals surface area contributed by atoms with Crippen LogP contribution in [0, 0.1) is 0 Å². The van der Waals surface area contributed by atoms with E-state index >= 15 is 0 Å². The Kier molecular flexibility index (Phi) is 3.67. The predicted octanol–water partition coefficient (Wildman–Crippen LogP) is 5.02. The van der Waals surface area contributed by atoms with Gasteiger partial charge in [-0.25, -0.2) is 0 Å². The van der Waals surface area contributed by atoms with Gasteiger partial charge in [0, 0.05) is 17.8 Å².